The first-order valence-electron chi connectivity index (χ1n) is 10.5. The van der Waals surface area contributed by atoms with Crippen LogP contribution in [-0.4, -0.2) is 42.2 Å². The van der Waals surface area contributed by atoms with Crippen molar-refractivity contribution >= 4 is 22.5 Å². The third-order valence-corrected chi connectivity index (χ3v) is 5.72. The molecule has 1 atom stereocenters. The summed E-state index contributed by atoms with van der Waals surface area (Å²) in [5.74, 6) is 1.35. The summed E-state index contributed by atoms with van der Waals surface area (Å²) in [5.41, 5.74) is 5.56. The van der Waals surface area contributed by atoms with Gasteiger partial charge in [0, 0.05) is 58.8 Å². The molecule has 1 unspecified atom stereocenters. The molecule has 0 spiro atoms. The third kappa shape index (κ3) is 4.76. The zero-order valence-corrected chi connectivity index (χ0v) is 19.2. The molecule has 2 heterocycles. The molecule has 2 aromatic heterocycles. The molecule has 4 nitrogen and oxygen atoms in total. The molecule has 0 saturated carbocycles. The molecule has 0 aliphatic carbocycles. The van der Waals surface area contributed by atoms with Crippen molar-refractivity contribution in [3.05, 3.63) is 72.1 Å². The van der Waals surface area contributed by atoms with Crippen LogP contribution in [0.3, 0.4) is 0 Å². The standard InChI is InChI=1S/C26H28ClN3O/c1-18(15-29(2)3)16-30-17-25(24-9-8-22(27)12-26(24)30)21-10-20(13-28-14-21)19-6-5-7-23(11-19)31-4/h5-14,17-18H,15-16H2,1-4H3. The number of halogens is 1. The van der Waals surface area contributed by atoms with Gasteiger partial charge in [0.1, 0.15) is 5.75 Å². The second kappa shape index (κ2) is 9.13. The first kappa shape index (κ1) is 21.4. The van der Waals surface area contributed by atoms with E-state index in [9.17, 15) is 0 Å². The van der Waals surface area contributed by atoms with Gasteiger partial charge in [0.25, 0.3) is 0 Å². The van der Waals surface area contributed by atoms with E-state index >= 15 is 0 Å². The summed E-state index contributed by atoms with van der Waals surface area (Å²) in [7, 11) is 5.91. The lowest BCUT2D eigenvalue weighted by molar-refractivity contribution is 0.318. The van der Waals surface area contributed by atoms with Gasteiger partial charge in [0.15, 0.2) is 0 Å². The lowest BCUT2D eigenvalue weighted by Gasteiger charge is -2.18. The summed E-state index contributed by atoms with van der Waals surface area (Å²) in [6.45, 7) is 4.24. The molecule has 31 heavy (non-hydrogen) atoms. The van der Waals surface area contributed by atoms with Crippen LogP contribution in [-0.2, 0) is 6.54 Å². The summed E-state index contributed by atoms with van der Waals surface area (Å²) in [6, 6.07) is 16.4. The molecule has 0 saturated heterocycles. The molecule has 5 heteroatoms. The lowest BCUT2D eigenvalue weighted by atomic mass is 10.0. The van der Waals surface area contributed by atoms with Crippen molar-refractivity contribution in [2.24, 2.45) is 5.92 Å². The van der Waals surface area contributed by atoms with Crippen molar-refractivity contribution < 1.29 is 4.74 Å². The zero-order valence-electron chi connectivity index (χ0n) is 18.5. The van der Waals surface area contributed by atoms with Gasteiger partial charge in [0.05, 0.1) is 12.6 Å². The normalized spacial score (nSPS) is 12.5. The molecule has 2 aromatic carbocycles. The van der Waals surface area contributed by atoms with Crippen molar-refractivity contribution in [1.82, 2.24) is 14.5 Å². The number of nitrogens with zero attached hydrogens (tertiary/aromatic N) is 3. The maximum Gasteiger partial charge on any atom is 0.119 e. The molecular weight excluding hydrogens is 406 g/mol. The zero-order chi connectivity index (χ0) is 22.0. The Morgan fingerprint density at radius 2 is 1.84 bits per heavy atom. The molecule has 0 amide bonds. The number of hydrogen-bond acceptors (Lipinski definition) is 3. The van der Waals surface area contributed by atoms with Gasteiger partial charge in [0.2, 0.25) is 0 Å². The van der Waals surface area contributed by atoms with E-state index in [4.69, 9.17) is 16.3 Å². The van der Waals surface area contributed by atoms with Gasteiger partial charge in [-0.1, -0.05) is 36.7 Å². The van der Waals surface area contributed by atoms with Crippen molar-refractivity contribution in [2.75, 3.05) is 27.7 Å². The highest BCUT2D eigenvalue weighted by Crippen LogP contribution is 2.34. The number of methoxy groups -OCH3 is 1. The molecule has 0 fully saturated rings. The largest absolute Gasteiger partial charge is 0.497 e. The van der Waals surface area contributed by atoms with Gasteiger partial charge in [-0.3, -0.25) is 4.98 Å². The summed E-state index contributed by atoms with van der Waals surface area (Å²) in [4.78, 5) is 6.77. The molecule has 160 valence electrons. The van der Waals surface area contributed by atoms with Gasteiger partial charge in [-0.25, -0.2) is 0 Å². The van der Waals surface area contributed by atoms with E-state index in [1.54, 1.807) is 7.11 Å². The Morgan fingerprint density at radius 1 is 1.03 bits per heavy atom. The predicted molar refractivity (Wildman–Crippen MR) is 130 cm³/mol. The van der Waals surface area contributed by atoms with E-state index in [2.05, 4.69) is 65.9 Å². The summed E-state index contributed by atoms with van der Waals surface area (Å²) in [5, 5.41) is 1.94. The maximum absolute atomic E-state index is 6.35. The van der Waals surface area contributed by atoms with E-state index in [1.807, 2.05) is 36.7 Å². The minimum atomic E-state index is 0.513. The first-order valence-corrected chi connectivity index (χ1v) is 10.9. The minimum absolute atomic E-state index is 0.513. The summed E-state index contributed by atoms with van der Waals surface area (Å²) in [6.07, 6.45) is 6.06. The molecule has 4 rings (SSSR count). The summed E-state index contributed by atoms with van der Waals surface area (Å²) < 4.78 is 7.71. The van der Waals surface area contributed by atoms with Crippen LogP contribution < -0.4 is 4.74 Å². The van der Waals surface area contributed by atoms with Crippen molar-refractivity contribution in [2.45, 2.75) is 13.5 Å². The number of pyridine rings is 1. The Kier molecular flexibility index (Phi) is 6.30. The van der Waals surface area contributed by atoms with Crippen LogP contribution in [0.4, 0.5) is 0 Å². The average Bonchev–Trinajstić information content (AvgIpc) is 3.10. The second-order valence-corrected chi connectivity index (χ2v) is 8.85. The van der Waals surface area contributed by atoms with Crippen LogP contribution in [0, 0.1) is 5.92 Å². The van der Waals surface area contributed by atoms with Crippen LogP contribution in [0.25, 0.3) is 33.2 Å². The number of rotatable bonds is 7. The summed E-state index contributed by atoms with van der Waals surface area (Å²) >= 11 is 6.35. The Hall–Kier alpha value is -2.82. The quantitative estimate of drug-likeness (QED) is 0.346. The fourth-order valence-corrected chi connectivity index (χ4v) is 4.38. The Bertz CT molecular complexity index is 1200. The van der Waals surface area contributed by atoms with Gasteiger partial charge < -0.3 is 14.2 Å². The highest BCUT2D eigenvalue weighted by molar-refractivity contribution is 6.31. The van der Waals surface area contributed by atoms with Crippen LogP contribution in [0.5, 0.6) is 5.75 Å². The predicted octanol–water partition coefficient (Wildman–Crippen LogP) is 6.23. The van der Waals surface area contributed by atoms with Gasteiger partial charge in [-0.15, -0.1) is 0 Å². The lowest BCUT2D eigenvalue weighted by Crippen LogP contribution is -2.22. The topological polar surface area (TPSA) is 30.3 Å². The van der Waals surface area contributed by atoms with E-state index in [-0.39, 0.29) is 0 Å². The number of ether oxygens (including phenoxy) is 1. The number of benzene rings is 2. The SMILES string of the molecule is COc1cccc(-c2cncc(-c3cn(CC(C)CN(C)C)c4cc(Cl)ccc34)c2)c1. The fraction of sp³-hybridized carbons (Fsp3) is 0.269. The monoisotopic (exact) mass is 433 g/mol. The van der Waals surface area contributed by atoms with Crippen LogP contribution in [0.2, 0.25) is 5.02 Å². The molecule has 0 radical (unpaired) electrons. The first-order chi connectivity index (χ1) is 14.9. The van der Waals surface area contributed by atoms with Crippen LogP contribution in [0.1, 0.15) is 6.92 Å². The van der Waals surface area contributed by atoms with Crippen molar-refractivity contribution in [3.8, 4) is 28.0 Å². The van der Waals surface area contributed by atoms with E-state index < -0.39 is 0 Å². The highest BCUT2D eigenvalue weighted by Gasteiger charge is 2.14. The smallest absolute Gasteiger partial charge is 0.119 e. The molecule has 0 aliphatic heterocycles. The van der Waals surface area contributed by atoms with E-state index in [1.165, 1.54) is 10.9 Å². The van der Waals surface area contributed by atoms with Crippen LogP contribution in [0.15, 0.2) is 67.1 Å². The van der Waals surface area contributed by atoms with Crippen molar-refractivity contribution in [3.63, 3.8) is 0 Å². The maximum atomic E-state index is 6.35. The second-order valence-electron chi connectivity index (χ2n) is 8.42. The molecule has 4 aromatic rings. The van der Waals surface area contributed by atoms with Crippen molar-refractivity contribution in [1.29, 1.82) is 0 Å². The van der Waals surface area contributed by atoms with E-state index in [0.717, 1.165) is 46.1 Å². The fourth-order valence-electron chi connectivity index (χ4n) is 4.21. The Morgan fingerprint density at radius 3 is 2.61 bits per heavy atom. The highest BCUT2D eigenvalue weighted by atomic mass is 35.5. The molecule has 0 bridgehead atoms. The average molecular weight is 434 g/mol. The van der Waals surface area contributed by atoms with Gasteiger partial charge >= 0.3 is 0 Å². The number of fused-ring (bicyclic) bond motifs is 1. The van der Waals surface area contributed by atoms with Crippen LogP contribution >= 0.6 is 11.6 Å². The van der Waals surface area contributed by atoms with Gasteiger partial charge in [-0.05, 0) is 55.9 Å². The number of aromatic nitrogens is 2. The third-order valence-electron chi connectivity index (χ3n) is 5.48. The molecular formula is C26H28ClN3O. The minimum Gasteiger partial charge on any atom is -0.497 e. The molecule has 0 N–H and O–H groups in total. The molecule has 0 aliphatic rings. The number of hydrogen-bond donors (Lipinski definition) is 0. The Balaban J connectivity index is 1.77. The van der Waals surface area contributed by atoms with Gasteiger partial charge in [-0.2, -0.15) is 0 Å². The Labute approximate surface area is 189 Å². The van der Waals surface area contributed by atoms with E-state index in [0.29, 0.717) is 5.92 Å².